The summed E-state index contributed by atoms with van der Waals surface area (Å²) in [5.74, 6) is 0.387. The molecule has 0 heterocycles. The van der Waals surface area contributed by atoms with Gasteiger partial charge in [0.25, 0.3) is 0 Å². The maximum atomic E-state index is 14.0. The van der Waals surface area contributed by atoms with E-state index >= 15 is 0 Å². The van der Waals surface area contributed by atoms with E-state index in [2.05, 4.69) is 40.7 Å². The third-order valence-electron chi connectivity index (χ3n) is 3.79. The quantitative estimate of drug-likeness (QED) is 0.670. The van der Waals surface area contributed by atoms with Gasteiger partial charge in [-0.1, -0.05) is 46.8 Å². The number of rotatable bonds is 4. The molecule has 16 heavy (non-hydrogen) atoms. The Morgan fingerprint density at radius 1 is 1.25 bits per heavy atom. The highest BCUT2D eigenvalue weighted by Gasteiger charge is 2.22. The van der Waals surface area contributed by atoms with Gasteiger partial charge in [-0.05, 0) is 41.4 Å². The van der Waals surface area contributed by atoms with E-state index in [4.69, 9.17) is 0 Å². The van der Waals surface area contributed by atoms with E-state index in [1.54, 1.807) is 6.07 Å². The lowest BCUT2D eigenvalue weighted by Gasteiger charge is -2.24. The molecule has 0 aliphatic carbocycles. The van der Waals surface area contributed by atoms with Crippen LogP contribution in [-0.2, 0) is 5.41 Å². The van der Waals surface area contributed by atoms with Crippen LogP contribution in [0.1, 0.15) is 64.5 Å². The fourth-order valence-corrected chi connectivity index (χ4v) is 1.81. The van der Waals surface area contributed by atoms with Gasteiger partial charge in [-0.15, -0.1) is 0 Å². The van der Waals surface area contributed by atoms with Crippen LogP contribution in [0.25, 0.3) is 0 Å². The molecule has 0 spiro atoms. The van der Waals surface area contributed by atoms with Crippen LogP contribution in [0.2, 0.25) is 0 Å². The van der Waals surface area contributed by atoms with Crippen molar-refractivity contribution < 1.29 is 4.39 Å². The minimum atomic E-state index is -0.0714. The van der Waals surface area contributed by atoms with E-state index in [1.807, 2.05) is 6.07 Å². The van der Waals surface area contributed by atoms with Crippen LogP contribution in [0.4, 0.5) is 4.39 Å². The van der Waals surface area contributed by atoms with Crippen molar-refractivity contribution in [2.24, 2.45) is 0 Å². The summed E-state index contributed by atoms with van der Waals surface area (Å²) in [6.07, 6.45) is 2.00. The predicted molar refractivity (Wildman–Crippen MR) is 68.4 cm³/mol. The molecule has 1 aromatic rings. The zero-order valence-electron chi connectivity index (χ0n) is 11.1. The van der Waals surface area contributed by atoms with Gasteiger partial charge in [0.15, 0.2) is 0 Å². The molecule has 90 valence electrons. The van der Waals surface area contributed by atoms with Crippen molar-refractivity contribution in [1.29, 1.82) is 0 Å². The van der Waals surface area contributed by atoms with Gasteiger partial charge >= 0.3 is 0 Å². The third-order valence-corrected chi connectivity index (χ3v) is 3.79. The van der Waals surface area contributed by atoms with E-state index in [0.717, 1.165) is 24.0 Å². The molecule has 0 saturated carbocycles. The molecule has 1 rings (SSSR count). The fourth-order valence-electron chi connectivity index (χ4n) is 1.81. The number of benzene rings is 1. The molecular formula is C15H23F. The Bertz CT molecular complexity index is 352. The van der Waals surface area contributed by atoms with Crippen molar-refractivity contribution in [2.45, 2.75) is 58.8 Å². The lowest BCUT2D eigenvalue weighted by Crippen LogP contribution is -2.17. The predicted octanol–water partition coefficient (Wildman–Crippen LogP) is 5.03. The van der Waals surface area contributed by atoms with E-state index in [0.29, 0.717) is 5.92 Å². The number of halogens is 1. The van der Waals surface area contributed by atoms with Crippen molar-refractivity contribution >= 4 is 0 Å². The Kier molecular flexibility index (Phi) is 4.12. The Labute approximate surface area is 98.9 Å². The molecule has 1 atom stereocenters. The highest BCUT2D eigenvalue weighted by Crippen LogP contribution is 2.31. The summed E-state index contributed by atoms with van der Waals surface area (Å²) in [6, 6.07) is 5.74. The Hall–Kier alpha value is -0.850. The van der Waals surface area contributed by atoms with Crippen molar-refractivity contribution in [3.63, 3.8) is 0 Å². The van der Waals surface area contributed by atoms with Crippen molar-refractivity contribution in [3.8, 4) is 0 Å². The molecular weight excluding hydrogens is 199 g/mol. The summed E-state index contributed by atoms with van der Waals surface area (Å²) >= 11 is 0. The van der Waals surface area contributed by atoms with Crippen molar-refractivity contribution in [3.05, 3.63) is 35.1 Å². The molecule has 0 amide bonds. The highest BCUT2D eigenvalue weighted by atomic mass is 19.1. The van der Waals surface area contributed by atoms with E-state index in [9.17, 15) is 4.39 Å². The molecule has 0 nitrogen and oxygen atoms in total. The summed E-state index contributed by atoms with van der Waals surface area (Å²) in [5.41, 5.74) is 1.87. The molecule has 0 aromatic heterocycles. The first-order chi connectivity index (χ1) is 7.42. The lowest BCUT2D eigenvalue weighted by atomic mass is 9.81. The summed E-state index contributed by atoms with van der Waals surface area (Å²) in [5, 5.41) is 0. The third kappa shape index (κ3) is 2.63. The summed E-state index contributed by atoms with van der Waals surface area (Å²) in [4.78, 5) is 0. The zero-order chi connectivity index (χ0) is 12.3. The van der Waals surface area contributed by atoms with Gasteiger partial charge in [0, 0.05) is 0 Å². The van der Waals surface area contributed by atoms with Gasteiger partial charge in [-0.2, -0.15) is 0 Å². The minimum Gasteiger partial charge on any atom is -0.207 e. The van der Waals surface area contributed by atoms with Gasteiger partial charge < -0.3 is 0 Å². The molecule has 0 N–H and O–H groups in total. The smallest absolute Gasteiger partial charge is 0.127 e. The molecule has 0 aliphatic rings. The topological polar surface area (TPSA) is 0 Å². The van der Waals surface area contributed by atoms with Gasteiger partial charge in [-0.3, -0.25) is 0 Å². The van der Waals surface area contributed by atoms with E-state index in [1.165, 1.54) is 0 Å². The fraction of sp³-hybridized carbons (Fsp3) is 0.600. The Morgan fingerprint density at radius 3 is 2.31 bits per heavy atom. The summed E-state index contributed by atoms with van der Waals surface area (Å²) < 4.78 is 14.0. The number of hydrogen-bond donors (Lipinski definition) is 0. The van der Waals surface area contributed by atoms with E-state index < -0.39 is 0 Å². The molecule has 0 fully saturated rings. The first-order valence-electron chi connectivity index (χ1n) is 6.22. The Morgan fingerprint density at radius 2 is 1.88 bits per heavy atom. The van der Waals surface area contributed by atoms with Crippen LogP contribution in [0.5, 0.6) is 0 Å². The second kappa shape index (κ2) is 4.99. The van der Waals surface area contributed by atoms with E-state index in [-0.39, 0.29) is 11.2 Å². The van der Waals surface area contributed by atoms with Gasteiger partial charge in [-0.25, -0.2) is 4.39 Å². The van der Waals surface area contributed by atoms with Crippen molar-refractivity contribution in [2.75, 3.05) is 0 Å². The molecule has 1 unspecified atom stereocenters. The molecule has 0 saturated heterocycles. The first-order valence-corrected chi connectivity index (χ1v) is 6.22. The maximum Gasteiger partial charge on any atom is 0.127 e. The SMILES string of the molecule is CCC(C)c1ccc(C(C)(C)CC)c(F)c1. The monoisotopic (exact) mass is 222 g/mol. The minimum absolute atomic E-state index is 0.0512. The second-order valence-electron chi connectivity index (χ2n) is 5.29. The average Bonchev–Trinajstić information content (AvgIpc) is 2.27. The van der Waals surface area contributed by atoms with Gasteiger partial charge in [0.1, 0.15) is 5.82 Å². The van der Waals surface area contributed by atoms with Crippen LogP contribution >= 0.6 is 0 Å². The molecule has 1 heteroatoms. The molecule has 0 radical (unpaired) electrons. The maximum absolute atomic E-state index is 14.0. The molecule has 0 bridgehead atoms. The normalized spacial score (nSPS) is 13.9. The standard InChI is InChI=1S/C15H23F/c1-6-11(3)12-8-9-13(14(16)10-12)15(4,5)7-2/h8-11H,6-7H2,1-5H3. The van der Waals surface area contributed by atoms with Crippen molar-refractivity contribution in [1.82, 2.24) is 0 Å². The molecule has 0 aliphatic heterocycles. The molecule has 1 aromatic carbocycles. The lowest BCUT2D eigenvalue weighted by molar-refractivity contribution is 0.468. The van der Waals surface area contributed by atoms with Crippen LogP contribution < -0.4 is 0 Å². The van der Waals surface area contributed by atoms with Crippen LogP contribution in [0.15, 0.2) is 18.2 Å². The number of hydrogen-bond acceptors (Lipinski definition) is 0. The average molecular weight is 222 g/mol. The van der Waals surface area contributed by atoms with Crippen LogP contribution in [0, 0.1) is 5.82 Å². The zero-order valence-corrected chi connectivity index (χ0v) is 11.1. The Balaban J connectivity index is 3.10. The van der Waals surface area contributed by atoms with Gasteiger partial charge in [0.2, 0.25) is 0 Å². The van der Waals surface area contributed by atoms with Crippen LogP contribution in [0.3, 0.4) is 0 Å². The largest absolute Gasteiger partial charge is 0.207 e. The highest BCUT2D eigenvalue weighted by molar-refractivity contribution is 5.31. The van der Waals surface area contributed by atoms with Gasteiger partial charge in [0.05, 0.1) is 0 Å². The first kappa shape index (κ1) is 13.2. The van der Waals surface area contributed by atoms with Crippen LogP contribution in [-0.4, -0.2) is 0 Å². The summed E-state index contributed by atoms with van der Waals surface area (Å²) in [6.45, 7) is 10.6. The summed E-state index contributed by atoms with van der Waals surface area (Å²) in [7, 11) is 0. The second-order valence-corrected chi connectivity index (χ2v) is 5.29.